The summed E-state index contributed by atoms with van der Waals surface area (Å²) in [5, 5.41) is 20.7. The molecule has 2 amide bonds. The Morgan fingerprint density at radius 1 is 0.875 bits per heavy atom. The number of para-hydroxylation sites is 1. The molecule has 3 N–H and O–H groups in total. The minimum Gasteiger partial charge on any atom is -0.478 e. The molecule has 6 rings (SSSR count). The molecule has 0 aliphatic heterocycles. The van der Waals surface area contributed by atoms with Crippen LogP contribution in [0.4, 0.5) is 5.69 Å². The molecular formula is C31H31N5O4. The number of carboxylic acids is 1. The molecule has 9 heteroatoms. The lowest BCUT2D eigenvalue weighted by molar-refractivity contribution is -0.125. The van der Waals surface area contributed by atoms with Crippen LogP contribution in [0.25, 0.3) is 16.7 Å². The molecule has 2 heterocycles. The lowest BCUT2D eigenvalue weighted by Gasteiger charge is -2.40. The summed E-state index contributed by atoms with van der Waals surface area (Å²) >= 11 is 0. The average Bonchev–Trinajstić information content (AvgIpc) is 3.35. The number of fused-ring (bicyclic) bond motifs is 1. The molecular weight excluding hydrogens is 506 g/mol. The number of hydrogen-bond donors (Lipinski definition) is 3. The van der Waals surface area contributed by atoms with Crippen molar-refractivity contribution in [2.24, 2.45) is 0 Å². The molecule has 9 nitrogen and oxygen atoms in total. The van der Waals surface area contributed by atoms with Crippen LogP contribution in [-0.4, -0.2) is 43.2 Å². The molecule has 0 bridgehead atoms. The molecule has 2 aromatic heterocycles. The first kappa shape index (κ1) is 25.7. The maximum absolute atomic E-state index is 13.4. The van der Waals surface area contributed by atoms with Gasteiger partial charge in [0.1, 0.15) is 11.2 Å². The second kappa shape index (κ2) is 10.6. The number of rotatable bonds is 7. The van der Waals surface area contributed by atoms with Gasteiger partial charge in [-0.1, -0.05) is 37.5 Å². The van der Waals surface area contributed by atoms with E-state index in [1.165, 1.54) is 43.5 Å². The third kappa shape index (κ3) is 4.83. The number of anilines is 1. The van der Waals surface area contributed by atoms with Crippen molar-refractivity contribution in [2.75, 3.05) is 5.32 Å². The van der Waals surface area contributed by atoms with E-state index in [9.17, 15) is 14.4 Å². The lowest BCUT2D eigenvalue weighted by atomic mass is 9.75. The number of aromatic nitrogens is 3. The second-order valence-electron chi connectivity index (χ2n) is 10.8. The number of carbonyl (C=O) groups is 3. The Balaban J connectivity index is 1.26. The lowest BCUT2D eigenvalue weighted by Crippen LogP contribution is -2.61. The highest BCUT2D eigenvalue weighted by Gasteiger charge is 2.45. The van der Waals surface area contributed by atoms with Crippen LogP contribution in [0.5, 0.6) is 0 Å². The van der Waals surface area contributed by atoms with E-state index in [0.717, 1.165) is 36.0 Å². The van der Waals surface area contributed by atoms with Gasteiger partial charge in [-0.2, -0.15) is 0 Å². The third-order valence-electron chi connectivity index (χ3n) is 8.18. The molecule has 40 heavy (non-hydrogen) atoms. The largest absolute Gasteiger partial charge is 0.478 e. The van der Waals surface area contributed by atoms with Crippen molar-refractivity contribution in [3.63, 3.8) is 0 Å². The molecule has 2 aromatic carbocycles. The number of aromatic carboxylic acids is 1. The van der Waals surface area contributed by atoms with E-state index >= 15 is 0 Å². The van der Waals surface area contributed by atoms with Crippen molar-refractivity contribution in [3.05, 3.63) is 83.7 Å². The quantitative estimate of drug-likeness (QED) is 0.287. The fraction of sp³-hybridized carbons (Fsp3) is 0.323. The van der Waals surface area contributed by atoms with E-state index in [1.54, 1.807) is 6.07 Å². The minimum atomic E-state index is -1.05. The van der Waals surface area contributed by atoms with Gasteiger partial charge in [0.15, 0.2) is 5.65 Å². The topological polar surface area (TPSA) is 126 Å². The highest BCUT2D eigenvalue weighted by atomic mass is 16.4. The Hall–Kier alpha value is -4.53. The third-order valence-corrected chi connectivity index (χ3v) is 8.18. The fourth-order valence-electron chi connectivity index (χ4n) is 5.82. The predicted octanol–water partition coefficient (Wildman–Crippen LogP) is 5.46. The van der Waals surface area contributed by atoms with Crippen LogP contribution < -0.4 is 10.6 Å². The second-order valence-corrected chi connectivity index (χ2v) is 10.8. The van der Waals surface area contributed by atoms with Gasteiger partial charge in [-0.3, -0.25) is 9.59 Å². The summed E-state index contributed by atoms with van der Waals surface area (Å²) in [5.74, 6) is -1.41. The maximum atomic E-state index is 13.4. The minimum absolute atomic E-state index is 0.132. The molecule has 2 saturated carbocycles. The summed E-state index contributed by atoms with van der Waals surface area (Å²) in [6.07, 6.45) is 7.66. The molecule has 0 unspecified atom stereocenters. The van der Waals surface area contributed by atoms with Crippen LogP contribution in [0, 0.1) is 0 Å². The van der Waals surface area contributed by atoms with Crippen molar-refractivity contribution >= 4 is 34.5 Å². The van der Waals surface area contributed by atoms with Crippen LogP contribution in [0.15, 0.2) is 66.7 Å². The Morgan fingerprint density at radius 3 is 2.25 bits per heavy atom. The van der Waals surface area contributed by atoms with Crippen LogP contribution in [0.1, 0.15) is 83.8 Å². The number of hydrogen-bond acceptors (Lipinski definition) is 5. The zero-order valence-electron chi connectivity index (χ0n) is 22.1. The van der Waals surface area contributed by atoms with Gasteiger partial charge >= 0.3 is 5.97 Å². The number of carboxylic acid groups (broad SMARTS) is 1. The number of pyridine rings is 1. The van der Waals surface area contributed by atoms with E-state index in [4.69, 9.17) is 10.2 Å². The van der Waals surface area contributed by atoms with E-state index in [2.05, 4.69) is 15.6 Å². The summed E-state index contributed by atoms with van der Waals surface area (Å²) in [7, 11) is 0. The highest BCUT2D eigenvalue weighted by Crippen LogP contribution is 2.38. The zero-order valence-corrected chi connectivity index (χ0v) is 22.1. The number of benzene rings is 2. The van der Waals surface area contributed by atoms with Gasteiger partial charge in [0, 0.05) is 17.0 Å². The number of nitrogens with zero attached hydrogens (tertiary/aromatic N) is 3. The fourth-order valence-corrected chi connectivity index (χ4v) is 5.82. The van der Waals surface area contributed by atoms with Crippen LogP contribution in [-0.2, 0) is 4.79 Å². The van der Waals surface area contributed by atoms with Gasteiger partial charge < -0.3 is 15.7 Å². The Morgan fingerprint density at radius 2 is 1.60 bits per heavy atom. The first-order valence-electron chi connectivity index (χ1n) is 13.9. The van der Waals surface area contributed by atoms with Gasteiger partial charge in [0.05, 0.1) is 16.9 Å². The van der Waals surface area contributed by atoms with Crippen LogP contribution in [0.3, 0.4) is 0 Å². The van der Waals surface area contributed by atoms with Crippen molar-refractivity contribution in [1.29, 1.82) is 0 Å². The first-order chi connectivity index (χ1) is 19.4. The summed E-state index contributed by atoms with van der Waals surface area (Å²) in [6.45, 7) is 0. The van der Waals surface area contributed by atoms with Crippen molar-refractivity contribution in [1.82, 2.24) is 20.1 Å². The molecule has 204 valence electrons. The van der Waals surface area contributed by atoms with E-state index < -0.39 is 17.4 Å². The van der Waals surface area contributed by atoms with Crippen molar-refractivity contribution in [3.8, 4) is 5.69 Å². The molecule has 2 aliphatic carbocycles. The van der Waals surface area contributed by atoms with Gasteiger partial charge in [0.2, 0.25) is 5.91 Å². The SMILES string of the molecule is O=C(O)c1ccc(NC(=O)C2(NC(=O)c3ccc4c(C5CCCCC5)n(-c5ccccc5)nc4n3)CCC2)cc1. The summed E-state index contributed by atoms with van der Waals surface area (Å²) in [4.78, 5) is 42.4. The number of amides is 2. The Labute approximate surface area is 231 Å². The molecule has 0 saturated heterocycles. The Bertz CT molecular complexity index is 1570. The van der Waals surface area contributed by atoms with Crippen LogP contribution >= 0.6 is 0 Å². The normalized spacial score (nSPS) is 16.7. The van der Waals surface area contributed by atoms with Crippen LogP contribution in [0.2, 0.25) is 0 Å². The monoisotopic (exact) mass is 537 g/mol. The number of nitrogens with one attached hydrogen (secondary N) is 2. The van der Waals surface area contributed by atoms with Gasteiger partial charge in [-0.25, -0.2) is 14.5 Å². The summed E-state index contributed by atoms with van der Waals surface area (Å²) < 4.78 is 1.98. The first-order valence-corrected chi connectivity index (χ1v) is 13.9. The Kier molecular flexibility index (Phi) is 6.79. The highest BCUT2D eigenvalue weighted by molar-refractivity contribution is 6.04. The van der Waals surface area contributed by atoms with Gasteiger partial charge in [-0.05, 0) is 80.6 Å². The molecule has 4 aromatic rings. The van der Waals surface area contributed by atoms with E-state index in [1.807, 2.05) is 41.1 Å². The van der Waals surface area contributed by atoms with E-state index in [0.29, 0.717) is 30.1 Å². The molecule has 0 spiro atoms. The van der Waals surface area contributed by atoms with Gasteiger partial charge in [-0.15, -0.1) is 5.10 Å². The number of carbonyl (C=O) groups excluding carboxylic acids is 2. The summed E-state index contributed by atoms with van der Waals surface area (Å²) in [6, 6.07) is 19.6. The standard InChI is InChI=1S/C31H31N5O4/c37-28(34-31(18-7-19-31)30(40)32-22-14-12-21(13-15-22)29(38)39)25-17-16-24-26(20-8-3-1-4-9-20)36(35-27(24)33-25)23-10-5-2-6-11-23/h2,5-6,10-17,20H,1,3-4,7-9,18-19H2,(H,32,40)(H,34,37)(H,38,39). The molecule has 0 radical (unpaired) electrons. The average molecular weight is 538 g/mol. The van der Waals surface area contributed by atoms with Gasteiger partial charge in [0.25, 0.3) is 5.91 Å². The summed E-state index contributed by atoms with van der Waals surface area (Å²) in [5.41, 5.74) is 2.39. The predicted molar refractivity (Wildman–Crippen MR) is 151 cm³/mol. The van der Waals surface area contributed by atoms with Crippen molar-refractivity contribution < 1.29 is 19.5 Å². The maximum Gasteiger partial charge on any atom is 0.335 e. The van der Waals surface area contributed by atoms with E-state index in [-0.39, 0.29) is 17.2 Å². The molecule has 2 fully saturated rings. The smallest absolute Gasteiger partial charge is 0.335 e. The van der Waals surface area contributed by atoms with Crippen molar-refractivity contribution in [2.45, 2.75) is 62.8 Å². The molecule has 2 aliphatic rings. The zero-order chi connectivity index (χ0) is 27.7. The molecule has 0 atom stereocenters.